The van der Waals surface area contributed by atoms with E-state index in [1.807, 2.05) is 13.8 Å². The highest BCUT2D eigenvalue weighted by Gasteiger charge is 2.15. The molecule has 3 rings (SSSR count). The highest BCUT2D eigenvalue weighted by Crippen LogP contribution is 2.18. The Kier molecular flexibility index (Phi) is 3.78. The van der Waals surface area contributed by atoms with Crippen LogP contribution in [0, 0.1) is 6.92 Å². The van der Waals surface area contributed by atoms with Gasteiger partial charge >= 0.3 is 0 Å². The van der Waals surface area contributed by atoms with Crippen molar-refractivity contribution >= 4 is 17.2 Å². The van der Waals surface area contributed by atoms with Crippen LogP contribution in [0.4, 0.5) is 0 Å². The van der Waals surface area contributed by atoms with Crippen LogP contribution in [0.1, 0.15) is 36.7 Å². The molecule has 1 unspecified atom stereocenters. The van der Waals surface area contributed by atoms with Gasteiger partial charge in [-0.25, -0.2) is 9.50 Å². The summed E-state index contributed by atoms with van der Waals surface area (Å²) in [7, 11) is 0. The van der Waals surface area contributed by atoms with Gasteiger partial charge in [0.15, 0.2) is 5.65 Å². The summed E-state index contributed by atoms with van der Waals surface area (Å²) in [6.45, 7) is 6.67. The van der Waals surface area contributed by atoms with Crippen LogP contribution in [0.25, 0.3) is 5.65 Å². The molecule has 22 heavy (non-hydrogen) atoms. The van der Waals surface area contributed by atoms with Gasteiger partial charge < -0.3 is 0 Å². The van der Waals surface area contributed by atoms with Gasteiger partial charge in [0.05, 0.1) is 16.9 Å². The monoisotopic (exact) mass is 319 g/mol. The third-order valence-corrected chi connectivity index (χ3v) is 4.06. The Morgan fingerprint density at radius 3 is 2.86 bits per heavy atom. The minimum atomic E-state index is -0.0897. The lowest BCUT2D eigenvalue weighted by atomic mass is 10.1. The summed E-state index contributed by atoms with van der Waals surface area (Å²) < 4.78 is 3.27. The summed E-state index contributed by atoms with van der Waals surface area (Å²) in [6.07, 6.45) is 4.20. The predicted octanol–water partition coefficient (Wildman–Crippen LogP) is 2.55. The molecule has 6 nitrogen and oxygen atoms in total. The van der Waals surface area contributed by atoms with E-state index in [0.29, 0.717) is 17.2 Å². The Morgan fingerprint density at radius 2 is 2.23 bits per heavy atom. The first-order valence-electron chi connectivity index (χ1n) is 7.28. The molecule has 0 aliphatic heterocycles. The molecule has 0 aliphatic carbocycles. The number of halogens is 1. The number of fused-ring (bicyclic) bond motifs is 1. The van der Waals surface area contributed by atoms with Crippen molar-refractivity contribution < 1.29 is 0 Å². The molecular formula is C15H18ClN5O. The van der Waals surface area contributed by atoms with E-state index in [0.717, 1.165) is 23.4 Å². The summed E-state index contributed by atoms with van der Waals surface area (Å²) >= 11 is 5.88. The molecule has 3 aromatic rings. The van der Waals surface area contributed by atoms with Crippen molar-refractivity contribution in [3.8, 4) is 0 Å². The third-order valence-electron chi connectivity index (χ3n) is 3.86. The number of aryl methyl sites for hydroxylation is 2. The molecule has 0 amide bonds. The molecule has 0 bridgehead atoms. The van der Waals surface area contributed by atoms with E-state index in [9.17, 15) is 4.79 Å². The van der Waals surface area contributed by atoms with E-state index in [4.69, 9.17) is 11.6 Å². The summed E-state index contributed by atoms with van der Waals surface area (Å²) in [6, 6.07) is 1.58. The Labute approximate surface area is 132 Å². The lowest BCUT2D eigenvalue weighted by molar-refractivity contribution is 0.534. The highest BCUT2D eigenvalue weighted by molar-refractivity contribution is 6.30. The van der Waals surface area contributed by atoms with Gasteiger partial charge in [-0.1, -0.05) is 25.4 Å². The zero-order valence-electron chi connectivity index (χ0n) is 12.8. The summed E-state index contributed by atoms with van der Waals surface area (Å²) in [5.74, 6) is 0.0635. The molecule has 1 atom stereocenters. The van der Waals surface area contributed by atoms with E-state index in [1.165, 1.54) is 4.52 Å². The number of hydrogen-bond acceptors (Lipinski definition) is 3. The van der Waals surface area contributed by atoms with E-state index >= 15 is 0 Å². The van der Waals surface area contributed by atoms with E-state index in [-0.39, 0.29) is 11.5 Å². The van der Waals surface area contributed by atoms with Crippen LogP contribution in [0.15, 0.2) is 23.3 Å². The standard InChI is InChI=1S/C15H18ClN5O/c1-4-12-10(3)19-21-14(22)5-13(18-15(12)21)9(2)7-20-8-11(16)6-17-20/h5-6,8-9,19H,4,7H2,1-3H3. The van der Waals surface area contributed by atoms with E-state index in [2.05, 4.69) is 22.1 Å². The largest absolute Gasteiger partial charge is 0.294 e. The molecule has 116 valence electrons. The Morgan fingerprint density at radius 1 is 1.45 bits per heavy atom. The number of aromatic amines is 1. The van der Waals surface area contributed by atoms with Crippen molar-refractivity contribution in [3.63, 3.8) is 0 Å². The first-order chi connectivity index (χ1) is 10.5. The summed E-state index contributed by atoms with van der Waals surface area (Å²) in [5.41, 5.74) is 3.45. The molecule has 1 N–H and O–H groups in total. The topological polar surface area (TPSA) is 68.0 Å². The van der Waals surface area contributed by atoms with E-state index in [1.54, 1.807) is 23.1 Å². The van der Waals surface area contributed by atoms with Crippen molar-refractivity contribution in [1.82, 2.24) is 24.4 Å². The molecule has 0 aliphatic rings. The fourth-order valence-electron chi connectivity index (χ4n) is 2.70. The predicted molar refractivity (Wildman–Crippen MR) is 85.6 cm³/mol. The zero-order chi connectivity index (χ0) is 15.9. The van der Waals surface area contributed by atoms with Crippen LogP contribution in [-0.2, 0) is 13.0 Å². The second-order valence-corrected chi connectivity index (χ2v) is 5.97. The fraction of sp³-hybridized carbons (Fsp3) is 0.400. The van der Waals surface area contributed by atoms with Gasteiger partial charge in [-0.3, -0.25) is 14.6 Å². The number of H-pyrrole nitrogens is 1. The van der Waals surface area contributed by atoms with Gasteiger partial charge in [0.1, 0.15) is 0 Å². The molecule has 0 saturated heterocycles. The minimum Gasteiger partial charge on any atom is -0.294 e. The average molecular weight is 320 g/mol. The van der Waals surface area contributed by atoms with Crippen LogP contribution in [0.2, 0.25) is 5.02 Å². The molecule has 7 heteroatoms. The second kappa shape index (κ2) is 5.61. The summed E-state index contributed by atoms with van der Waals surface area (Å²) in [4.78, 5) is 17.0. The second-order valence-electron chi connectivity index (χ2n) is 5.53. The molecule has 3 heterocycles. The molecule has 0 saturated carbocycles. The maximum atomic E-state index is 12.3. The normalized spacial score (nSPS) is 12.9. The van der Waals surface area contributed by atoms with E-state index < -0.39 is 0 Å². The van der Waals surface area contributed by atoms with Gasteiger partial charge in [0.25, 0.3) is 5.56 Å². The van der Waals surface area contributed by atoms with Crippen molar-refractivity contribution in [3.05, 3.63) is 50.8 Å². The molecule has 0 aromatic carbocycles. The van der Waals surface area contributed by atoms with Crippen LogP contribution in [0.3, 0.4) is 0 Å². The van der Waals surface area contributed by atoms with Crippen LogP contribution >= 0.6 is 11.6 Å². The SMILES string of the molecule is CCc1c(C)[nH]n2c(=O)cc(C(C)Cn3cc(Cl)cn3)nc12. The first kappa shape index (κ1) is 14.8. The molecular weight excluding hydrogens is 302 g/mol. The van der Waals surface area contributed by atoms with Crippen molar-refractivity contribution in [2.75, 3.05) is 0 Å². The van der Waals surface area contributed by atoms with Crippen LogP contribution < -0.4 is 5.56 Å². The molecule has 0 fully saturated rings. The van der Waals surface area contributed by atoms with Gasteiger partial charge in [-0.15, -0.1) is 0 Å². The molecule has 0 spiro atoms. The molecule has 3 aromatic heterocycles. The highest BCUT2D eigenvalue weighted by atomic mass is 35.5. The van der Waals surface area contributed by atoms with Gasteiger partial charge in [0.2, 0.25) is 0 Å². The van der Waals surface area contributed by atoms with Crippen molar-refractivity contribution in [2.24, 2.45) is 0 Å². The Hall–Kier alpha value is -2.08. The zero-order valence-corrected chi connectivity index (χ0v) is 13.6. The van der Waals surface area contributed by atoms with Crippen LogP contribution in [0.5, 0.6) is 0 Å². The van der Waals surface area contributed by atoms with Crippen LogP contribution in [-0.4, -0.2) is 24.4 Å². The number of hydrogen-bond donors (Lipinski definition) is 1. The lowest BCUT2D eigenvalue weighted by Crippen LogP contribution is -2.18. The Balaban J connectivity index is 2.01. The number of nitrogens with one attached hydrogen (secondary N) is 1. The fourth-order valence-corrected chi connectivity index (χ4v) is 2.86. The Bertz CT molecular complexity index is 876. The van der Waals surface area contributed by atoms with Gasteiger partial charge in [-0.05, 0) is 13.3 Å². The molecule has 0 radical (unpaired) electrons. The third kappa shape index (κ3) is 2.54. The lowest BCUT2D eigenvalue weighted by Gasteiger charge is -2.11. The number of nitrogens with zero attached hydrogens (tertiary/aromatic N) is 4. The minimum absolute atomic E-state index is 0.0635. The summed E-state index contributed by atoms with van der Waals surface area (Å²) in [5, 5.41) is 7.85. The van der Waals surface area contributed by atoms with Gasteiger partial charge in [0, 0.05) is 36.0 Å². The average Bonchev–Trinajstić information content (AvgIpc) is 3.01. The maximum Gasteiger partial charge on any atom is 0.272 e. The van der Waals surface area contributed by atoms with Crippen molar-refractivity contribution in [1.29, 1.82) is 0 Å². The van der Waals surface area contributed by atoms with Crippen molar-refractivity contribution in [2.45, 2.75) is 39.7 Å². The maximum absolute atomic E-state index is 12.3. The number of aromatic nitrogens is 5. The quantitative estimate of drug-likeness (QED) is 0.803. The first-order valence-corrected chi connectivity index (χ1v) is 7.66. The number of rotatable bonds is 4. The smallest absolute Gasteiger partial charge is 0.272 e. The van der Waals surface area contributed by atoms with Gasteiger partial charge in [-0.2, -0.15) is 5.10 Å².